The van der Waals surface area contributed by atoms with Crippen molar-refractivity contribution in [3.05, 3.63) is 92.0 Å². The minimum Gasteiger partial charge on any atom is -0.490 e. The van der Waals surface area contributed by atoms with E-state index in [1.54, 1.807) is 44.2 Å². The third-order valence-corrected chi connectivity index (χ3v) is 6.66. The summed E-state index contributed by atoms with van der Waals surface area (Å²) in [5.41, 5.74) is 0.214. The van der Waals surface area contributed by atoms with Gasteiger partial charge in [0.05, 0.1) is 16.0 Å². The Kier molecular flexibility index (Phi) is 8.65. The van der Waals surface area contributed by atoms with Gasteiger partial charge < -0.3 is 14.2 Å². The summed E-state index contributed by atoms with van der Waals surface area (Å²) in [5, 5.41) is 23.3. The Hall–Kier alpha value is -4.21. The van der Waals surface area contributed by atoms with Crippen LogP contribution in [0.4, 0.5) is 11.4 Å². The molecular formula is C25H20BrN3O7S. The van der Waals surface area contributed by atoms with Crippen molar-refractivity contribution < 1.29 is 27.1 Å². The molecule has 0 heterocycles. The van der Waals surface area contributed by atoms with Crippen LogP contribution in [0.25, 0.3) is 6.08 Å². The van der Waals surface area contributed by atoms with E-state index in [9.17, 15) is 28.6 Å². The van der Waals surface area contributed by atoms with Crippen LogP contribution in [-0.4, -0.2) is 25.9 Å². The molecule has 0 bridgehead atoms. The molecule has 1 N–H and O–H groups in total. The van der Waals surface area contributed by atoms with E-state index in [0.717, 1.165) is 0 Å². The van der Waals surface area contributed by atoms with Crippen molar-refractivity contribution in [2.24, 2.45) is 0 Å². The SMILES string of the molecule is CCOc1cc(/C=C(\C#N)C(=O)Nc2ccc(C)cc2[N+](=O)[O-])cc(Br)c1OS(=O)(=O)c1ccccc1. The number of anilines is 1. The second-order valence-electron chi connectivity index (χ2n) is 7.52. The van der Waals surface area contributed by atoms with Crippen LogP contribution in [0.1, 0.15) is 18.1 Å². The Bertz CT molecular complexity index is 1530. The first-order valence-electron chi connectivity index (χ1n) is 10.7. The first-order valence-corrected chi connectivity index (χ1v) is 12.9. The molecule has 0 aromatic heterocycles. The molecule has 1 amide bonds. The van der Waals surface area contributed by atoms with Crippen molar-refractivity contribution in [1.29, 1.82) is 5.26 Å². The minimum atomic E-state index is -4.18. The topological polar surface area (TPSA) is 149 Å². The number of carbonyl (C=O) groups is 1. The van der Waals surface area contributed by atoms with Gasteiger partial charge in [0.2, 0.25) is 0 Å². The summed E-state index contributed by atoms with van der Waals surface area (Å²) in [6.07, 6.45) is 1.23. The van der Waals surface area contributed by atoms with Crippen LogP contribution in [0, 0.1) is 28.4 Å². The Balaban J connectivity index is 1.96. The molecule has 3 aromatic rings. The molecule has 37 heavy (non-hydrogen) atoms. The molecular weight excluding hydrogens is 566 g/mol. The number of nitro benzene ring substituents is 1. The number of nitro groups is 1. The third-order valence-electron chi connectivity index (χ3n) is 4.83. The fourth-order valence-electron chi connectivity index (χ4n) is 3.16. The van der Waals surface area contributed by atoms with Gasteiger partial charge in [0.15, 0.2) is 11.5 Å². The summed E-state index contributed by atoms with van der Waals surface area (Å²) in [7, 11) is -4.18. The molecule has 0 aliphatic rings. The number of hydrogen-bond donors (Lipinski definition) is 1. The van der Waals surface area contributed by atoms with Gasteiger partial charge in [0.1, 0.15) is 22.2 Å². The van der Waals surface area contributed by atoms with E-state index in [1.165, 1.54) is 42.5 Å². The summed E-state index contributed by atoms with van der Waals surface area (Å²) in [6, 6.07) is 16.4. The summed E-state index contributed by atoms with van der Waals surface area (Å²) < 4.78 is 36.5. The molecule has 0 aliphatic carbocycles. The van der Waals surface area contributed by atoms with Crippen LogP contribution in [0.3, 0.4) is 0 Å². The van der Waals surface area contributed by atoms with Crippen LogP contribution in [0.15, 0.2) is 75.6 Å². The van der Waals surface area contributed by atoms with Crippen molar-refractivity contribution in [2.75, 3.05) is 11.9 Å². The van der Waals surface area contributed by atoms with Crippen LogP contribution in [-0.2, 0) is 14.9 Å². The van der Waals surface area contributed by atoms with Gasteiger partial charge in [-0.3, -0.25) is 14.9 Å². The van der Waals surface area contributed by atoms with Gasteiger partial charge in [0.25, 0.3) is 11.6 Å². The predicted molar refractivity (Wildman–Crippen MR) is 140 cm³/mol. The molecule has 0 fully saturated rings. The van der Waals surface area contributed by atoms with E-state index in [1.807, 2.05) is 0 Å². The van der Waals surface area contributed by atoms with Gasteiger partial charge in [-0.15, -0.1) is 0 Å². The van der Waals surface area contributed by atoms with Gasteiger partial charge in [-0.2, -0.15) is 13.7 Å². The molecule has 3 aromatic carbocycles. The van der Waals surface area contributed by atoms with Gasteiger partial charge >= 0.3 is 10.1 Å². The molecule has 12 heteroatoms. The zero-order valence-corrected chi connectivity index (χ0v) is 22.0. The van der Waals surface area contributed by atoms with Gasteiger partial charge in [-0.05, 0) is 77.3 Å². The van der Waals surface area contributed by atoms with Crippen LogP contribution >= 0.6 is 15.9 Å². The number of ether oxygens (including phenoxy) is 1. The van der Waals surface area contributed by atoms with Crippen LogP contribution < -0.4 is 14.2 Å². The number of rotatable bonds is 9. The van der Waals surface area contributed by atoms with E-state index in [-0.39, 0.29) is 44.4 Å². The quantitative estimate of drug-likeness (QED) is 0.116. The number of nitrogens with one attached hydrogen (secondary N) is 1. The largest absolute Gasteiger partial charge is 0.490 e. The molecule has 190 valence electrons. The third kappa shape index (κ3) is 6.72. The van der Waals surface area contributed by atoms with Crippen molar-refractivity contribution in [2.45, 2.75) is 18.7 Å². The van der Waals surface area contributed by atoms with E-state index in [2.05, 4.69) is 21.2 Å². The Morgan fingerprint density at radius 3 is 2.51 bits per heavy atom. The minimum absolute atomic E-state index is 0.0505. The van der Waals surface area contributed by atoms with Crippen molar-refractivity contribution in [3.8, 4) is 17.6 Å². The number of carbonyl (C=O) groups excluding carboxylic acids is 1. The van der Waals surface area contributed by atoms with Gasteiger partial charge in [-0.25, -0.2) is 0 Å². The summed E-state index contributed by atoms with van der Waals surface area (Å²) in [4.78, 5) is 23.4. The first kappa shape index (κ1) is 27.4. The molecule has 3 rings (SSSR count). The highest BCUT2D eigenvalue weighted by molar-refractivity contribution is 9.10. The van der Waals surface area contributed by atoms with Crippen LogP contribution in [0.2, 0.25) is 0 Å². The number of nitriles is 1. The van der Waals surface area contributed by atoms with E-state index in [4.69, 9.17) is 8.92 Å². The summed E-state index contributed by atoms with van der Waals surface area (Å²) in [5.74, 6) is -0.925. The number of benzene rings is 3. The van der Waals surface area contributed by atoms with Crippen molar-refractivity contribution in [3.63, 3.8) is 0 Å². The first-order chi connectivity index (χ1) is 17.6. The van der Waals surface area contributed by atoms with Crippen molar-refractivity contribution >= 4 is 49.4 Å². The van der Waals surface area contributed by atoms with E-state index >= 15 is 0 Å². The number of halogens is 1. The predicted octanol–water partition coefficient (Wildman–Crippen LogP) is 5.38. The smallest absolute Gasteiger partial charge is 0.339 e. The van der Waals surface area contributed by atoms with Crippen LogP contribution in [0.5, 0.6) is 11.5 Å². The lowest BCUT2D eigenvalue weighted by Gasteiger charge is -2.14. The second kappa shape index (κ2) is 11.7. The number of nitrogens with zero attached hydrogens (tertiary/aromatic N) is 2. The molecule has 10 nitrogen and oxygen atoms in total. The molecule has 0 saturated heterocycles. The van der Waals surface area contributed by atoms with Gasteiger partial charge in [-0.1, -0.05) is 24.3 Å². The zero-order valence-electron chi connectivity index (χ0n) is 19.6. The number of hydrogen-bond acceptors (Lipinski definition) is 8. The Morgan fingerprint density at radius 2 is 1.89 bits per heavy atom. The molecule has 0 saturated carbocycles. The molecule has 0 spiro atoms. The maximum atomic E-state index is 12.7. The highest BCUT2D eigenvalue weighted by Gasteiger charge is 2.23. The average Bonchev–Trinajstić information content (AvgIpc) is 2.86. The summed E-state index contributed by atoms with van der Waals surface area (Å²) >= 11 is 3.27. The Labute approximate surface area is 221 Å². The highest BCUT2D eigenvalue weighted by Crippen LogP contribution is 2.39. The maximum absolute atomic E-state index is 12.7. The monoisotopic (exact) mass is 585 g/mol. The second-order valence-corrected chi connectivity index (χ2v) is 9.92. The lowest BCUT2D eigenvalue weighted by Crippen LogP contribution is -2.14. The highest BCUT2D eigenvalue weighted by atomic mass is 79.9. The van der Waals surface area contributed by atoms with Crippen molar-refractivity contribution in [1.82, 2.24) is 0 Å². The normalized spacial score (nSPS) is 11.4. The molecule has 0 atom stereocenters. The lowest BCUT2D eigenvalue weighted by molar-refractivity contribution is -0.384. The Morgan fingerprint density at radius 1 is 1.19 bits per heavy atom. The fourth-order valence-corrected chi connectivity index (χ4v) is 4.79. The number of amides is 1. The van der Waals surface area contributed by atoms with Gasteiger partial charge in [0, 0.05) is 6.07 Å². The number of aryl methyl sites for hydroxylation is 1. The standard InChI is InChI=1S/C25H20BrN3O7S/c1-3-35-23-14-17(13-20(26)24(23)36-37(33,34)19-7-5-4-6-8-19)12-18(15-27)25(30)28-21-10-9-16(2)11-22(21)29(31)32/h4-14H,3H2,1-2H3,(H,28,30)/b18-12+. The molecule has 0 aliphatic heterocycles. The molecule has 0 radical (unpaired) electrons. The zero-order chi connectivity index (χ0) is 27.2. The average molecular weight is 586 g/mol. The van der Waals surface area contributed by atoms with E-state index in [0.29, 0.717) is 11.1 Å². The fraction of sp³-hybridized carbons (Fsp3) is 0.120. The van der Waals surface area contributed by atoms with E-state index < -0.39 is 20.9 Å². The molecule has 0 unspecified atom stereocenters. The lowest BCUT2D eigenvalue weighted by atomic mass is 10.1. The summed E-state index contributed by atoms with van der Waals surface area (Å²) in [6.45, 7) is 3.53. The maximum Gasteiger partial charge on any atom is 0.339 e.